The van der Waals surface area contributed by atoms with Gasteiger partial charge in [-0.1, -0.05) is 0 Å². The molecule has 0 spiro atoms. The van der Waals surface area contributed by atoms with Gasteiger partial charge in [0.1, 0.15) is 0 Å². The molecule has 116 valence electrons. The number of amides is 2. The highest BCUT2D eigenvalue weighted by atomic mass is 16.3. The first-order valence-electron chi connectivity index (χ1n) is 7.89. The van der Waals surface area contributed by atoms with Gasteiger partial charge in [0.15, 0.2) is 0 Å². The Kier molecular flexibility index (Phi) is 4.91. The third-order valence-electron chi connectivity index (χ3n) is 4.54. The predicted molar refractivity (Wildman–Crippen MR) is 79.6 cm³/mol. The highest BCUT2D eigenvalue weighted by Crippen LogP contribution is 2.39. The average molecular weight is 283 g/mol. The topological polar surface area (TPSA) is 64.6 Å². The molecule has 5 heteroatoms. The van der Waals surface area contributed by atoms with Gasteiger partial charge >= 0.3 is 6.03 Å². The van der Waals surface area contributed by atoms with E-state index in [0.717, 1.165) is 19.4 Å². The summed E-state index contributed by atoms with van der Waals surface area (Å²) >= 11 is 0. The smallest absolute Gasteiger partial charge is 0.315 e. The van der Waals surface area contributed by atoms with Gasteiger partial charge in [-0.2, -0.15) is 0 Å². The van der Waals surface area contributed by atoms with E-state index in [0.29, 0.717) is 24.5 Å². The Morgan fingerprint density at radius 1 is 1.35 bits per heavy atom. The van der Waals surface area contributed by atoms with Gasteiger partial charge in [-0.15, -0.1) is 0 Å². The molecule has 1 atom stereocenters. The van der Waals surface area contributed by atoms with Crippen molar-refractivity contribution in [3.63, 3.8) is 0 Å². The van der Waals surface area contributed by atoms with Gasteiger partial charge in [-0.05, 0) is 52.4 Å². The van der Waals surface area contributed by atoms with E-state index in [9.17, 15) is 9.90 Å². The molecule has 0 aromatic carbocycles. The molecule has 0 saturated heterocycles. The van der Waals surface area contributed by atoms with Crippen LogP contribution in [0.25, 0.3) is 0 Å². The lowest BCUT2D eigenvalue weighted by Gasteiger charge is -2.30. The van der Waals surface area contributed by atoms with Crippen LogP contribution in [0.15, 0.2) is 0 Å². The quantitative estimate of drug-likeness (QED) is 0.629. The van der Waals surface area contributed by atoms with Gasteiger partial charge in [-0.3, -0.25) is 4.90 Å². The molecular formula is C15H29N3O2. The summed E-state index contributed by atoms with van der Waals surface area (Å²) in [6.45, 7) is 7.89. The molecule has 2 aliphatic rings. The molecule has 0 heterocycles. The summed E-state index contributed by atoms with van der Waals surface area (Å²) in [5.41, 5.74) is -0.460. The number of urea groups is 1. The van der Waals surface area contributed by atoms with E-state index in [1.165, 1.54) is 12.8 Å². The fraction of sp³-hybridized carbons (Fsp3) is 0.933. The van der Waals surface area contributed by atoms with Crippen molar-refractivity contribution in [2.75, 3.05) is 19.7 Å². The first-order valence-corrected chi connectivity index (χ1v) is 7.89. The van der Waals surface area contributed by atoms with Crippen LogP contribution >= 0.6 is 0 Å². The maximum atomic E-state index is 11.9. The minimum atomic E-state index is -0.460. The molecule has 2 fully saturated rings. The van der Waals surface area contributed by atoms with Crippen molar-refractivity contribution in [3.8, 4) is 0 Å². The molecule has 2 aliphatic carbocycles. The first kappa shape index (κ1) is 15.6. The summed E-state index contributed by atoms with van der Waals surface area (Å²) in [7, 11) is 0. The zero-order valence-electron chi connectivity index (χ0n) is 13.0. The molecule has 0 aliphatic heterocycles. The van der Waals surface area contributed by atoms with Crippen molar-refractivity contribution in [1.29, 1.82) is 0 Å². The second kappa shape index (κ2) is 6.31. The molecular weight excluding hydrogens is 254 g/mol. The average Bonchev–Trinajstić information content (AvgIpc) is 3.26. The Labute approximate surface area is 122 Å². The largest absolute Gasteiger partial charge is 0.394 e. The van der Waals surface area contributed by atoms with Crippen LogP contribution in [0.1, 0.15) is 46.5 Å². The second-order valence-electron chi connectivity index (χ2n) is 6.79. The fourth-order valence-corrected chi connectivity index (χ4v) is 2.86. The summed E-state index contributed by atoms with van der Waals surface area (Å²) in [6, 6.07) is 1.09. The van der Waals surface area contributed by atoms with Crippen LogP contribution in [0.3, 0.4) is 0 Å². The minimum Gasteiger partial charge on any atom is -0.394 e. The highest BCUT2D eigenvalue weighted by molar-refractivity contribution is 5.74. The fourth-order valence-electron chi connectivity index (χ4n) is 2.86. The van der Waals surface area contributed by atoms with Crippen molar-refractivity contribution >= 4 is 6.03 Å². The number of hydrogen-bond acceptors (Lipinski definition) is 3. The Hall–Kier alpha value is -0.810. The number of nitrogens with one attached hydrogen (secondary N) is 2. The van der Waals surface area contributed by atoms with Crippen molar-refractivity contribution in [2.45, 2.75) is 64.1 Å². The van der Waals surface area contributed by atoms with Crippen LogP contribution in [0.2, 0.25) is 0 Å². The summed E-state index contributed by atoms with van der Waals surface area (Å²) in [4.78, 5) is 14.4. The SMILES string of the molecule is CC(C)N(CCNC(=O)NC(C)(CO)C1CC1)C1CC1. The highest BCUT2D eigenvalue weighted by Gasteiger charge is 2.42. The standard InChI is InChI=1S/C15H29N3O2/c1-11(2)18(13-6-7-13)9-8-16-14(20)17-15(3,10-19)12-4-5-12/h11-13,19H,4-10H2,1-3H3,(H2,16,17,20). The summed E-state index contributed by atoms with van der Waals surface area (Å²) in [6.07, 6.45) is 4.77. The van der Waals surface area contributed by atoms with Gasteiger partial charge in [0.2, 0.25) is 0 Å². The molecule has 20 heavy (non-hydrogen) atoms. The van der Waals surface area contributed by atoms with E-state index in [1.807, 2.05) is 6.92 Å². The third-order valence-corrected chi connectivity index (χ3v) is 4.54. The monoisotopic (exact) mass is 283 g/mol. The molecule has 2 saturated carbocycles. The Morgan fingerprint density at radius 3 is 2.45 bits per heavy atom. The maximum absolute atomic E-state index is 11.9. The zero-order chi connectivity index (χ0) is 14.8. The van der Waals surface area contributed by atoms with E-state index in [4.69, 9.17) is 0 Å². The van der Waals surface area contributed by atoms with E-state index < -0.39 is 5.54 Å². The lowest BCUT2D eigenvalue weighted by Crippen LogP contribution is -2.55. The second-order valence-corrected chi connectivity index (χ2v) is 6.79. The number of hydrogen-bond donors (Lipinski definition) is 3. The number of nitrogens with zero attached hydrogens (tertiary/aromatic N) is 1. The van der Waals surface area contributed by atoms with E-state index >= 15 is 0 Å². The van der Waals surface area contributed by atoms with Crippen LogP contribution in [-0.4, -0.2) is 53.4 Å². The maximum Gasteiger partial charge on any atom is 0.315 e. The first-order chi connectivity index (χ1) is 9.46. The van der Waals surface area contributed by atoms with E-state index in [1.54, 1.807) is 0 Å². The molecule has 0 radical (unpaired) electrons. The van der Waals surface area contributed by atoms with Crippen molar-refractivity contribution < 1.29 is 9.90 Å². The van der Waals surface area contributed by atoms with Crippen LogP contribution in [0.4, 0.5) is 4.79 Å². The lowest BCUT2D eigenvalue weighted by atomic mass is 9.97. The lowest BCUT2D eigenvalue weighted by molar-refractivity contribution is 0.154. The number of carbonyl (C=O) groups excluding carboxylic acids is 1. The zero-order valence-corrected chi connectivity index (χ0v) is 13.0. The van der Waals surface area contributed by atoms with Gasteiger partial charge in [0, 0.05) is 25.2 Å². The Balaban J connectivity index is 1.69. The molecule has 1 unspecified atom stereocenters. The number of aliphatic hydroxyl groups is 1. The Bertz CT molecular complexity index is 338. The van der Waals surface area contributed by atoms with Crippen LogP contribution in [-0.2, 0) is 0 Å². The van der Waals surface area contributed by atoms with Crippen LogP contribution in [0.5, 0.6) is 0 Å². The number of rotatable bonds is 8. The van der Waals surface area contributed by atoms with Crippen molar-refractivity contribution in [3.05, 3.63) is 0 Å². The summed E-state index contributed by atoms with van der Waals surface area (Å²) < 4.78 is 0. The Morgan fingerprint density at radius 2 is 2.00 bits per heavy atom. The van der Waals surface area contributed by atoms with E-state index in [2.05, 4.69) is 29.4 Å². The van der Waals surface area contributed by atoms with Crippen LogP contribution in [0, 0.1) is 5.92 Å². The van der Waals surface area contributed by atoms with Gasteiger partial charge in [0.25, 0.3) is 0 Å². The van der Waals surface area contributed by atoms with Crippen molar-refractivity contribution in [2.24, 2.45) is 5.92 Å². The minimum absolute atomic E-state index is 0.00524. The summed E-state index contributed by atoms with van der Waals surface area (Å²) in [5, 5.41) is 15.3. The predicted octanol–water partition coefficient (Wildman–Crippen LogP) is 1.32. The molecule has 3 N–H and O–H groups in total. The molecule has 2 rings (SSSR count). The summed E-state index contributed by atoms with van der Waals surface area (Å²) in [5.74, 6) is 0.428. The van der Waals surface area contributed by atoms with Gasteiger partial charge in [0.05, 0.1) is 12.1 Å². The number of aliphatic hydroxyl groups excluding tert-OH is 1. The third kappa shape index (κ3) is 4.09. The van der Waals surface area contributed by atoms with Crippen molar-refractivity contribution in [1.82, 2.24) is 15.5 Å². The van der Waals surface area contributed by atoms with Gasteiger partial charge in [-0.25, -0.2) is 4.79 Å². The number of carbonyl (C=O) groups is 1. The van der Waals surface area contributed by atoms with E-state index in [-0.39, 0.29) is 12.6 Å². The molecule has 0 aromatic rings. The normalized spacial score (nSPS) is 21.9. The molecule has 0 bridgehead atoms. The molecule has 5 nitrogen and oxygen atoms in total. The molecule has 0 aromatic heterocycles. The van der Waals surface area contributed by atoms with Gasteiger partial charge < -0.3 is 15.7 Å². The van der Waals surface area contributed by atoms with Crippen LogP contribution < -0.4 is 10.6 Å². The molecule has 2 amide bonds.